The fourth-order valence-electron chi connectivity index (χ4n) is 3.87. The Hall–Kier alpha value is -3.43. The summed E-state index contributed by atoms with van der Waals surface area (Å²) in [5, 5.41) is 11.2. The summed E-state index contributed by atoms with van der Waals surface area (Å²) in [6, 6.07) is 2.69. The van der Waals surface area contributed by atoms with Crippen LogP contribution in [0.15, 0.2) is 35.5 Å². The summed E-state index contributed by atoms with van der Waals surface area (Å²) >= 11 is 0. The molecule has 0 spiro atoms. The molecule has 4 heterocycles. The molecule has 1 unspecified atom stereocenters. The second kappa shape index (κ2) is 6.29. The summed E-state index contributed by atoms with van der Waals surface area (Å²) < 4.78 is 29.0. The second-order valence-electron chi connectivity index (χ2n) is 7.38. The highest BCUT2D eigenvalue weighted by atomic mass is 19.3. The number of H-pyrrole nitrogens is 1. The van der Waals surface area contributed by atoms with Crippen molar-refractivity contribution in [1.82, 2.24) is 29.7 Å². The number of nitrogens with zero attached hydrogens (tertiary/aromatic N) is 5. The molecule has 8 nitrogen and oxygen atoms in total. The predicted octanol–water partition coefficient (Wildman–Crippen LogP) is 3.48. The van der Waals surface area contributed by atoms with Crippen LogP contribution in [0.2, 0.25) is 0 Å². The van der Waals surface area contributed by atoms with Gasteiger partial charge in [0.15, 0.2) is 5.65 Å². The molecular formula is C19H17F2N7O. The van der Waals surface area contributed by atoms with E-state index in [1.807, 2.05) is 6.07 Å². The van der Waals surface area contributed by atoms with Crippen LogP contribution in [0.5, 0.6) is 0 Å². The van der Waals surface area contributed by atoms with Crippen LogP contribution in [0.25, 0.3) is 22.1 Å². The van der Waals surface area contributed by atoms with Crippen LogP contribution < -0.4 is 10.9 Å². The molecule has 0 bridgehead atoms. The van der Waals surface area contributed by atoms with Crippen LogP contribution in [0.4, 0.5) is 20.4 Å². The minimum Gasteiger partial charge on any atom is -0.323 e. The summed E-state index contributed by atoms with van der Waals surface area (Å²) in [4.78, 5) is 25.7. The lowest BCUT2D eigenvalue weighted by Crippen LogP contribution is -2.26. The SMILES string of the molecule is Cc1cc(=O)n(C2CCC(F)(F)C2)c2nc(Nc3cnc4[nH]ncc4c3)ncc12. The molecule has 1 aliphatic rings. The third-order valence-corrected chi connectivity index (χ3v) is 5.29. The normalized spacial score (nSPS) is 18.5. The molecule has 0 saturated heterocycles. The minimum absolute atomic E-state index is 0.230. The maximum Gasteiger partial charge on any atom is 0.252 e. The minimum atomic E-state index is -2.76. The molecule has 0 radical (unpaired) electrons. The standard InChI is InChI=1S/C19H17F2N7O/c1-10-4-15(29)28(13-2-3-19(20,21)6-13)17-14(10)9-23-18(26-17)25-12-5-11-7-24-27-16(11)22-8-12/h4-5,7-9,13H,2-3,6H2,1H3,(H,22,24,27)(H,23,25,26). The lowest BCUT2D eigenvalue weighted by Gasteiger charge is -2.18. The lowest BCUT2D eigenvalue weighted by molar-refractivity contribution is 0.00566. The van der Waals surface area contributed by atoms with Gasteiger partial charge in [0.05, 0.1) is 18.1 Å². The van der Waals surface area contributed by atoms with Crippen molar-refractivity contribution in [2.45, 2.75) is 38.2 Å². The average molecular weight is 397 g/mol. The fourth-order valence-corrected chi connectivity index (χ4v) is 3.87. The highest BCUT2D eigenvalue weighted by Crippen LogP contribution is 2.41. The molecule has 4 aromatic rings. The predicted molar refractivity (Wildman–Crippen MR) is 104 cm³/mol. The maximum absolute atomic E-state index is 13.8. The Morgan fingerprint density at radius 2 is 2.10 bits per heavy atom. The van der Waals surface area contributed by atoms with Crippen LogP contribution in [0.3, 0.4) is 0 Å². The molecule has 10 heteroatoms. The first-order valence-electron chi connectivity index (χ1n) is 9.22. The van der Waals surface area contributed by atoms with Crippen molar-refractivity contribution in [2.24, 2.45) is 0 Å². The molecule has 148 valence electrons. The molecule has 1 saturated carbocycles. The molecule has 5 rings (SSSR count). The number of hydrogen-bond donors (Lipinski definition) is 2. The van der Waals surface area contributed by atoms with Crippen molar-refractivity contribution in [3.05, 3.63) is 46.6 Å². The number of aromatic nitrogens is 6. The summed E-state index contributed by atoms with van der Waals surface area (Å²) in [5.74, 6) is -2.51. The number of hydrogen-bond acceptors (Lipinski definition) is 6. The van der Waals surface area contributed by atoms with Crippen LogP contribution in [0.1, 0.15) is 30.9 Å². The molecule has 4 aromatic heterocycles. The average Bonchev–Trinajstić information content (AvgIpc) is 3.27. The van der Waals surface area contributed by atoms with E-state index in [0.717, 1.165) is 5.39 Å². The molecule has 1 atom stereocenters. The zero-order chi connectivity index (χ0) is 20.2. The first kappa shape index (κ1) is 17.7. The number of alkyl halides is 2. The van der Waals surface area contributed by atoms with Gasteiger partial charge in [-0.1, -0.05) is 0 Å². The van der Waals surface area contributed by atoms with Gasteiger partial charge >= 0.3 is 0 Å². The number of aryl methyl sites for hydroxylation is 1. The third kappa shape index (κ3) is 3.10. The van der Waals surface area contributed by atoms with Crippen molar-refractivity contribution in [3.8, 4) is 0 Å². The first-order chi connectivity index (χ1) is 13.9. The molecular weight excluding hydrogens is 380 g/mol. The quantitative estimate of drug-likeness (QED) is 0.549. The second-order valence-corrected chi connectivity index (χ2v) is 7.38. The van der Waals surface area contributed by atoms with E-state index in [1.54, 1.807) is 25.5 Å². The first-order valence-corrected chi connectivity index (χ1v) is 9.22. The van der Waals surface area contributed by atoms with Crippen LogP contribution in [0, 0.1) is 6.92 Å². The van der Waals surface area contributed by atoms with E-state index >= 15 is 0 Å². The Morgan fingerprint density at radius 1 is 1.24 bits per heavy atom. The van der Waals surface area contributed by atoms with Gasteiger partial charge in [0, 0.05) is 41.9 Å². The van der Waals surface area contributed by atoms with Crippen molar-refractivity contribution in [2.75, 3.05) is 5.32 Å². The van der Waals surface area contributed by atoms with Gasteiger partial charge in [-0.2, -0.15) is 10.1 Å². The number of aromatic amines is 1. The molecule has 2 N–H and O–H groups in total. The smallest absolute Gasteiger partial charge is 0.252 e. The van der Waals surface area contributed by atoms with Gasteiger partial charge in [-0.3, -0.25) is 14.5 Å². The van der Waals surface area contributed by atoms with Crippen molar-refractivity contribution in [3.63, 3.8) is 0 Å². The summed E-state index contributed by atoms with van der Waals surface area (Å²) in [7, 11) is 0. The Labute approximate surface area is 163 Å². The summed E-state index contributed by atoms with van der Waals surface area (Å²) in [6.07, 6.45) is 4.50. The monoisotopic (exact) mass is 397 g/mol. The van der Waals surface area contributed by atoms with Gasteiger partial charge in [0.1, 0.15) is 5.65 Å². The van der Waals surface area contributed by atoms with E-state index in [9.17, 15) is 13.6 Å². The Balaban J connectivity index is 1.59. The van der Waals surface area contributed by atoms with E-state index in [4.69, 9.17) is 0 Å². The van der Waals surface area contributed by atoms with Crippen molar-refractivity contribution in [1.29, 1.82) is 0 Å². The Bertz CT molecular complexity index is 1300. The van der Waals surface area contributed by atoms with E-state index in [0.29, 0.717) is 27.9 Å². The van der Waals surface area contributed by atoms with Crippen molar-refractivity contribution >= 4 is 33.7 Å². The molecule has 0 amide bonds. The Morgan fingerprint density at radius 3 is 2.90 bits per heavy atom. The number of halogens is 2. The number of rotatable bonds is 3. The highest BCUT2D eigenvalue weighted by molar-refractivity contribution is 5.81. The third-order valence-electron chi connectivity index (χ3n) is 5.29. The van der Waals surface area contributed by atoms with Gasteiger partial charge < -0.3 is 5.32 Å². The number of nitrogens with one attached hydrogen (secondary N) is 2. The zero-order valence-electron chi connectivity index (χ0n) is 15.5. The molecule has 0 aromatic carbocycles. The Kier molecular flexibility index (Phi) is 3.83. The van der Waals surface area contributed by atoms with Crippen LogP contribution >= 0.6 is 0 Å². The topological polar surface area (TPSA) is 101 Å². The largest absolute Gasteiger partial charge is 0.323 e. The van der Waals surface area contributed by atoms with E-state index in [1.165, 1.54) is 10.6 Å². The summed E-state index contributed by atoms with van der Waals surface area (Å²) in [5.41, 5.74) is 2.03. The highest BCUT2D eigenvalue weighted by Gasteiger charge is 2.41. The summed E-state index contributed by atoms with van der Waals surface area (Å²) in [6.45, 7) is 1.78. The van der Waals surface area contributed by atoms with Gasteiger partial charge in [-0.25, -0.2) is 18.7 Å². The van der Waals surface area contributed by atoms with Gasteiger partial charge in [0.25, 0.3) is 5.56 Å². The van der Waals surface area contributed by atoms with Gasteiger partial charge in [-0.05, 0) is 25.0 Å². The van der Waals surface area contributed by atoms with Crippen LogP contribution in [-0.4, -0.2) is 35.6 Å². The molecule has 0 aliphatic heterocycles. The maximum atomic E-state index is 13.8. The number of anilines is 2. The molecule has 1 aliphatic carbocycles. The number of fused-ring (bicyclic) bond motifs is 2. The van der Waals surface area contributed by atoms with Crippen molar-refractivity contribution < 1.29 is 8.78 Å². The van der Waals surface area contributed by atoms with Crippen LogP contribution in [-0.2, 0) is 0 Å². The lowest BCUT2D eigenvalue weighted by atomic mass is 10.1. The fraction of sp³-hybridized carbons (Fsp3) is 0.316. The molecule has 1 fully saturated rings. The number of pyridine rings is 2. The van der Waals surface area contributed by atoms with Gasteiger partial charge in [0.2, 0.25) is 11.9 Å². The van der Waals surface area contributed by atoms with E-state index in [2.05, 4.69) is 30.5 Å². The molecule has 29 heavy (non-hydrogen) atoms. The van der Waals surface area contributed by atoms with Gasteiger partial charge in [-0.15, -0.1) is 0 Å². The van der Waals surface area contributed by atoms with E-state index in [-0.39, 0.29) is 30.8 Å². The van der Waals surface area contributed by atoms with E-state index < -0.39 is 12.0 Å². The zero-order valence-corrected chi connectivity index (χ0v) is 15.5.